The zero-order valence-electron chi connectivity index (χ0n) is 11.4. The molecule has 0 saturated heterocycles. The Balaban J connectivity index is 2.78. The maximum absolute atomic E-state index is 11.8. The van der Waals surface area contributed by atoms with Crippen molar-refractivity contribution < 1.29 is 39.2 Å². The molecule has 0 amide bonds. The van der Waals surface area contributed by atoms with Crippen molar-refractivity contribution in [3.05, 3.63) is 47.5 Å². The number of carboxylic acids is 1. The van der Waals surface area contributed by atoms with E-state index in [0.717, 1.165) is 24.3 Å². The first-order valence-corrected chi connectivity index (χ1v) is 6.06. The van der Waals surface area contributed by atoms with Gasteiger partial charge in [-0.15, -0.1) is 0 Å². The van der Waals surface area contributed by atoms with E-state index in [9.17, 15) is 24.6 Å². The number of benzene rings is 1. The molecule has 0 unspecified atom stereocenters. The monoisotopic (exact) mass is 310 g/mol. The second kappa shape index (κ2) is 7.91. The van der Waals surface area contributed by atoms with Crippen LogP contribution >= 0.6 is 0 Å². The van der Waals surface area contributed by atoms with E-state index in [0.29, 0.717) is 0 Å². The van der Waals surface area contributed by atoms with Crippen LogP contribution in [0, 0.1) is 0 Å². The third-order valence-corrected chi connectivity index (χ3v) is 2.52. The third kappa shape index (κ3) is 4.69. The number of aliphatic hydroxyl groups is 2. The largest absolute Gasteiger partial charge is 0.478 e. The van der Waals surface area contributed by atoms with Crippen LogP contribution in [0.25, 0.3) is 0 Å². The zero-order valence-corrected chi connectivity index (χ0v) is 11.4. The smallest absolute Gasteiger partial charge is 0.338 e. The highest BCUT2D eigenvalue weighted by Gasteiger charge is 2.19. The van der Waals surface area contributed by atoms with Crippen LogP contribution in [0.5, 0.6) is 0 Å². The molecule has 0 atom stereocenters. The van der Waals surface area contributed by atoms with Gasteiger partial charge in [0.15, 0.2) is 6.29 Å². The van der Waals surface area contributed by atoms with Crippen LogP contribution in [0.1, 0.15) is 32.6 Å². The van der Waals surface area contributed by atoms with Gasteiger partial charge in [-0.25, -0.2) is 14.4 Å². The number of ether oxygens (including phenoxy) is 2. The molecule has 0 spiro atoms. The van der Waals surface area contributed by atoms with Gasteiger partial charge in [0.2, 0.25) is 0 Å². The van der Waals surface area contributed by atoms with Crippen molar-refractivity contribution in [1.29, 1.82) is 0 Å². The third-order valence-electron chi connectivity index (χ3n) is 2.52. The van der Waals surface area contributed by atoms with E-state index < -0.39 is 24.2 Å². The maximum Gasteiger partial charge on any atom is 0.338 e. The zero-order chi connectivity index (χ0) is 16.7. The SMILES string of the molecule is C=CC(=O)OCCOC(=O)c1ccc(C(=O)O)cc1C(O)O. The normalized spacial score (nSPS) is 10.1. The molecule has 0 aliphatic heterocycles. The Hall–Kier alpha value is -2.71. The fourth-order valence-electron chi connectivity index (χ4n) is 1.51. The lowest BCUT2D eigenvalue weighted by Crippen LogP contribution is -2.16. The average Bonchev–Trinajstić information content (AvgIpc) is 2.50. The summed E-state index contributed by atoms with van der Waals surface area (Å²) in [4.78, 5) is 33.4. The molecular weight excluding hydrogens is 296 g/mol. The van der Waals surface area contributed by atoms with Crippen molar-refractivity contribution in [2.45, 2.75) is 6.29 Å². The summed E-state index contributed by atoms with van der Waals surface area (Å²) in [6, 6.07) is 3.19. The minimum atomic E-state index is -2.04. The summed E-state index contributed by atoms with van der Waals surface area (Å²) in [5.41, 5.74) is -0.706. The molecule has 3 N–H and O–H groups in total. The number of aliphatic hydroxyl groups excluding tert-OH is 1. The Labute approximate surface area is 125 Å². The first-order valence-electron chi connectivity index (χ1n) is 6.06. The molecule has 0 bridgehead atoms. The quantitative estimate of drug-likeness (QED) is 0.283. The molecule has 8 heteroatoms. The van der Waals surface area contributed by atoms with Crippen LogP contribution in [0.4, 0.5) is 0 Å². The van der Waals surface area contributed by atoms with Crippen molar-refractivity contribution in [2.75, 3.05) is 13.2 Å². The second-order valence-electron chi connectivity index (χ2n) is 3.99. The highest BCUT2D eigenvalue weighted by atomic mass is 16.6. The van der Waals surface area contributed by atoms with Gasteiger partial charge >= 0.3 is 17.9 Å². The van der Waals surface area contributed by atoms with E-state index in [4.69, 9.17) is 9.84 Å². The van der Waals surface area contributed by atoms with Gasteiger partial charge in [-0.3, -0.25) is 0 Å². The van der Waals surface area contributed by atoms with E-state index in [1.165, 1.54) is 0 Å². The Morgan fingerprint density at radius 3 is 2.36 bits per heavy atom. The maximum atomic E-state index is 11.8. The lowest BCUT2D eigenvalue weighted by Gasteiger charge is -2.12. The molecule has 0 aliphatic carbocycles. The molecule has 1 aromatic rings. The van der Waals surface area contributed by atoms with Gasteiger partial charge in [-0.1, -0.05) is 6.58 Å². The first-order chi connectivity index (χ1) is 10.4. The summed E-state index contributed by atoms with van der Waals surface area (Å²) in [5, 5.41) is 27.3. The molecule has 0 radical (unpaired) electrons. The Morgan fingerprint density at radius 1 is 1.18 bits per heavy atom. The molecule has 118 valence electrons. The number of aromatic carboxylic acids is 1. The predicted octanol–water partition coefficient (Wildman–Crippen LogP) is 0.254. The molecule has 0 aliphatic rings. The van der Waals surface area contributed by atoms with Crippen LogP contribution in [0.2, 0.25) is 0 Å². The topological polar surface area (TPSA) is 130 Å². The van der Waals surface area contributed by atoms with Crippen LogP contribution in [-0.2, 0) is 14.3 Å². The van der Waals surface area contributed by atoms with E-state index in [-0.39, 0.29) is 29.9 Å². The van der Waals surface area contributed by atoms with Crippen molar-refractivity contribution in [3.63, 3.8) is 0 Å². The van der Waals surface area contributed by atoms with Gasteiger partial charge < -0.3 is 24.8 Å². The summed E-state index contributed by atoms with van der Waals surface area (Å²) in [6.45, 7) is 2.75. The lowest BCUT2D eigenvalue weighted by molar-refractivity contribution is -0.138. The van der Waals surface area contributed by atoms with Gasteiger partial charge in [0.25, 0.3) is 0 Å². The Morgan fingerprint density at radius 2 is 1.82 bits per heavy atom. The fourth-order valence-corrected chi connectivity index (χ4v) is 1.51. The van der Waals surface area contributed by atoms with Crippen molar-refractivity contribution in [1.82, 2.24) is 0 Å². The minimum absolute atomic E-state index is 0.194. The van der Waals surface area contributed by atoms with Crippen molar-refractivity contribution in [2.24, 2.45) is 0 Å². The van der Waals surface area contributed by atoms with E-state index >= 15 is 0 Å². The van der Waals surface area contributed by atoms with Gasteiger partial charge in [0, 0.05) is 11.6 Å². The number of carboxylic acid groups (broad SMARTS) is 1. The van der Waals surface area contributed by atoms with Gasteiger partial charge in [-0.05, 0) is 18.2 Å². The molecule has 1 rings (SSSR count). The molecule has 22 heavy (non-hydrogen) atoms. The second-order valence-corrected chi connectivity index (χ2v) is 3.99. The molecule has 8 nitrogen and oxygen atoms in total. The number of rotatable bonds is 7. The number of hydrogen-bond acceptors (Lipinski definition) is 7. The number of carbonyl (C=O) groups excluding carboxylic acids is 2. The van der Waals surface area contributed by atoms with E-state index in [1.807, 2.05) is 0 Å². The summed E-state index contributed by atoms with van der Waals surface area (Å²) in [6.07, 6.45) is -1.09. The minimum Gasteiger partial charge on any atom is -0.478 e. The van der Waals surface area contributed by atoms with Crippen LogP contribution in [-0.4, -0.2) is 46.4 Å². The fraction of sp³-hybridized carbons (Fsp3) is 0.214. The van der Waals surface area contributed by atoms with Gasteiger partial charge in [0.1, 0.15) is 13.2 Å². The molecule has 0 heterocycles. The van der Waals surface area contributed by atoms with Crippen molar-refractivity contribution in [3.8, 4) is 0 Å². The molecular formula is C14H14O8. The highest BCUT2D eigenvalue weighted by molar-refractivity contribution is 5.94. The standard InChI is InChI=1S/C14H14O8/c1-2-11(15)21-5-6-22-14(20)9-4-3-8(12(16)17)7-10(9)13(18)19/h2-4,7,13,18-19H,1,5-6H2,(H,16,17). The molecule has 0 aromatic heterocycles. The van der Waals surface area contributed by atoms with Gasteiger partial charge in [0.05, 0.1) is 11.1 Å². The Kier molecular flexibility index (Phi) is 6.24. The predicted molar refractivity (Wildman–Crippen MR) is 72.0 cm³/mol. The first kappa shape index (κ1) is 17.3. The number of carbonyl (C=O) groups is 3. The lowest BCUT2D eigenvalue weighted by atomic mass is 10.0. The number of hydrogen-bond donors (Lipinski definition) is 3. The van der Waals surface area contributed by atoms with E-state index in [2.05, 4.69) is 11.3 Å². The molecule has 0 fully saturated rings. The average molecular weight is 310 g/mol. The van der Waals surface area contributed by atoms with E-state index in [1.54, 1.807) is 0 Å². The van der Waals surface area contributed by atoms with Crippen molar-refractivity contribution >= 4 is 17.9 Å². The summed E-state index contributed by atoms with van der Waals surface area (Å²) >= 11 is 0. The number of esters is 2. The summed E-state index contributed by atoms with van der Waals surface area (Å²) < 4.78 is 9.39. The highest BCUT2D eigenvalue weighted by Crippen LogP contribution is 2.19. The summed E-state index contributed by atoms with van der Waals surface area (Å²) in [5.74, 6) is -2.86. The van der Waals surface area contributed by atoms with Crippen LogP contribution < -0.4 is 0 Å². The van der Waals surface area contributed by atoms with Crippen LogP contribution in [0.3, 0.4) is 0 Å². The molecule has 0 saturated carbocycles. The van der Waals surface area contributed by atoms with Crippen LogP contribution in [0.15, 0.2) is 30.9 Å². The summed E-state index contributed by atoms with van der Waals surface area (Å²) in [7, 11) is 0. The Bertz CT molecular complexity index is 591. The van der Waals surface area contributed by atoms with Gasteiger partial charge in [-0.2, -0.15) is 0 Å². The molecule has 1 aromatic carbocycles.